The maximum atomic E-state index is 13.4. The van der Waals surface area contributed by atoms with E-state index in [1.807, 2.05) is 18.2 Å². The monoisotopic (exact) mass is 1090 g/mol. The minimum Gasteiger partial charge on any atom is -0.454 e. The Labute approximate surface area is 474 Å². The summed E-state index contributed by atoms with van der Waals surface area (Å²) in [5.74, 6) is -1.28. The van der Waals surface area contributed by atoms with Gasteiger partial charge in [0.15, 0.2) is 12.4 Å². The Bertz CT molecular complexity index is 1730. The van der Waals surface area contributed by atoms with Crippen LogP contribution >= 0.6 is 0 Å². The number of carbonyl (C=O) groups is 2. The van der Waals surface area contributed by atoms with Crippen molar-refractivity contribution in [3.8, 4) is 0 Å². The first-order chi connectivity index (χ1) is 38.2. The van der Waals surface area contributed by atoms with Gasteiger partial charge >= 0.3 is 5.97 Å². The number of unbranched alkanes of at least 4 members (excludes halogenated alkanes) is 18. The number of aliphatic hydroxyl groups excluding tert-OH is 5. The number of aliphatic hydroxyl groups is 5. The first-order valence-corrected chi connectivity index (χ1v) is 30.8. The molecule has 0 aromatic rings. The smallest absolute Gasteiger partial charge is 0.306 e. The minimum absolute atomic E-state index is 0.0877. The van der Waals surface area contributed by atoms with Crippen molar-refractivity contribution < 1.29 is 49.3 Å². The predicted molar refractivity (Wildman–Crippen MR) is 324 cm³/mol. The van der Waals surface area contributed by atoms with Gasteiger partial charge in [0.25, 0.3) is 0 Å². The van der Waals surface area contributed by atoms with Gasteiger partial charge in [-0.05, 0) is 109 Å². The van der Waals surface area contributed by atoms with Crippen LogP contribution in [0.25, 0.3) is 0 Å². The first kappa shape index (κ1) is 72.1. The molecule has 0 aliphatic carbocycles. The zero-order chi connectivity index (χ0) is 56.8. The Morgan fingerprint density at radius 2 is 0.923 bits per heavy atom. The molecule has 0 radical (unpaired) electrons. The molecule has 0 bridgehead atoms. The lowest BCUT2D eigenvalue weighted by molar-refractivity contribution is -0.305. The molecule has 1 fully saturated rings. The van der Waals surface area contributed by atoms with Crippen LogP contribution in [0, 0.1) is 0 Å². The fourth-order valence-electron chi connectivity index (χ4n) is 8.73. The normalized spacial score (nSPS) is 19.8. The van der Waals surface area contributed by atoms with Crippen molar-refractivity contribution in [1.29, 1.82) is 0 Å². The lowest BCUT2D eigenvalue weighted by atomic mass is 9.99. The third-order valence-electron chi connectivity index (χ3n) is 13.6. The van der Waals surface area contributed by atoms with E-state index in [-0.39, 0.29) is 19.4 Å². The van der Waals surface area contributed by atoms with E-state index in [1.54, 1.807) is 6.08 Å². The molecule has 1 amide bonds. The highest BCUT2D eigenvalue weighted by Crippen LogP contribution is 2.26. The Kier molecular flexibility index (Phi) is 49.6. The Hall–Kier alpha value is -3.94. The molecule has 0 saturated carbocycles. The van der Waals surface area contributed by atoms with Crippen LogP contribution < -0.4 is 5.32 Å². The molecule has 11 nitrogen and oxygen atoms in total. The Morgan fingerprint density at radius 3 is 1.41 bits per heavy atom. The summed E-state index contributed by atoms with van der Waals surface area (Å²) in [5.41, 5.74) is 0. The molecule has 8 atom stereocenters. The van der Waals surface area contributed by atoms with E-state index < -0.39 is 67.4 Å². The number of carbonyl (C=O) groups excluding carboxylic acids is 2. The van der Waals surface area contributed by atoms with E-state index in [2.05, 4.69) is 123 Å². The second-order valence-electron chi connectivity index (χ2n) is 20.7. The number of esters is 1. The third-order valence-corrected chi connectivity index (χ3v) is 13.6. The van der Waals surface area contributed by atoms with Crippen LogP contribution in [0.15, 0.2) is 122 Å². The van der Waals surface area contributed by atoms with E-state index in [0.717, 1.165) is 116 Å². The van der Waals surface area contributed by atoms with Gasteiger partial charge in [-0.3, -0.25) is 9.59 Å². The Morgan fingerprint density at radius 1 is 0.513 bits per heavy atom. The molecule has 1 aliphatic rings. The second-order valence-corrected chi connectivity index (χ2v) is 20.7. The van der Waals surface area contributed by atoms with Crippen molar-refractivity contribution in [2.75, 3.05) is 13.2 Å². The number of ether oxygens (including phenoxy) is 3. The van der Waals surface area contributed by atoms with Gasteiger partial charge in [0, 0.05) is 6.42 Å². The fourth-order valence-corrected chi connectivity index (χ4v) is 8.73. The number of amides is 1. The van der Waals surface area contributed by atoms with E-state index in [4.69, 9.17) is 14.2 Å². The second kappa shape index (κ2) is 53.7. The zero-order valence-corrected chi connectivity index (χ0v) is 49.0. The maximum absolute atomic E-state index is 13.4. The molecule has 444 valence electrons. The van der Waals surface area contributed by atoms with Crippen molar-refractivity contribution in [1.82, 2.24) is 5.32 Å². The molecule has 6 N–H and O–H groups in total. The largest absolute Gasteiger partial charge is 0.454 e. The summed E-state index contributed by atoms with van der Waals surface area (Å²) >= 11 is 0. The van der Waals surface area contributed by atoms with Gasteiger partial charge in [-0.2, -0.15) is 0 Å². The summed E-state index contributed by atoms with van der Waals surface area (Å²) in [6.07, 6.45) is 63.8. The van der Waals surface area contributed by atoms with Crippen LogP contribution in [-0.4, -0.2) is 99.6 Å². The van der Waals surface area contributed by atoms with Crippen molar-refractivity contribution >= 4 is 11.9 Å². The summed E-state index contributed by atoms with van der Waals surface area (Å²) in [4.78, 5) is 26.5. The molecule has 1 saturated heterocycles. The number of nitrogens with one attached hydrogen (secondary N) is 1. The topological polar surface area (TPSA) is 175 Å². The van der Waals surface area contributed by atoms with E-state index in [1.165, 1.54) is 64.2 Å². The average Bonchev–Trinajstić information content (AvgIpc) is 3.45. The van der Waals surface area contributed by atoms with Crippen molar-refractivity contribution in [2.45, 2.75) is 275 Å². The molecular formula is C67H111NO10. The number of rotatable bonds is 50. The van der Waals surface area contributed by atoms with E-state index in [9.17, 15) is 35.1 Å². The van der Waals surface area contributed by atoms with Crippen LogP contribution in [0.3, 0.4) is 0 Å². The number of allylic oxidation sites excluding steroid dienone is 19. The van der Waals surface area contributed by atoms with Gasteiger partial charge in [0.1, 0.15) is 24.4 Å². The van der Waals surface area contributed by atoms with Crippen molar-refractivity contribution in [3.05, 3.63) is 122 Å². The molecular weight excluding hydrogens is 979 g/mol. The molecule has 1 heterocycles. The van der Waals surface area contributed by atoms with Crippen LogP contribution in [0.4, 0.5) is 0 Å². The van der Waals surface area contributed by atoms with Gasteiger partial charge in [-0.15, -0.1) is 0 Å². The van der Waals surface area contributed by atoms with Gasteiger partial charge in [0.2, 0.25) is 5.91 Å². The summed E-state index contributed by atoms with van der Waals surface area (Å²) in [6.45, 7) is 5.58. The quantitative estimate of drug-likeness (QED) is 0.0195. The summed E-state index contributed by atoms with van der Waals surface area (Å²) in [6, 6.07) is -1.06. The highest BCUT2D eigenvalue weighted by atomic mass is 16.7. The minimum atomic E-state index is -1.64. The summed E-state index contributed by atoms with van der Waals surface area (Å²) in [5, 5.41) is 56.9. The SMILES string of the molecule is CC/C=C\C/C=C\C/C=C\C/C=C\C/C=C\CCCCCCCC(=O)OC1C(OCC(NC(=O)C(O)CC/C=C\C/C=C\C/C=C\C/C=C\CCCCC)C(O)/C=C/CCCCCCCCCCCC)OC(CO)C(O)C1O. The average molecular weight is 1090 g/mol. The molecule has 0 aromatic heterocycles. The van der Waals surface area contributed by atoms with Crippen LogP contribution in [0.5, 0.6) is 0 Å². The lowest BCUT2D eigenvalue weighted by Crippen LogP contribution is -2.61. The lowest BCUT2D eigenvalue weighted by Gasteiger charge is -2.41. The molecule has 1 rings (SSSR count). The van der Waals surface area contributed by atoms with Gasteiger partial charge < -0.3 is 45.1 Å². The molecule has 8 unspecified atom stereocenters. The molecule has 0 aromatic carbocycles. The van der Waals surface area contributed by atoms with Gasteiger partial charge in [-0.25, -0.2) is 0 Å². The number of hydrogen-bond donors (Lipinski definition) is 6. The maximum Gasteiger partial charge on any atom is 0.306 e. The molecule has 11 heteroatoms. The van der Waals surface area contributed by atoms with Gasteiger partial charge in [-0.1, -0.05) is 232 Å². The summed E-state index contributed by atoms with van der Waals surface area (Å²) < 4.78 is 17.6. The van der Waals surface area contributed by atoms with E-state index in [0.29, 0.717) is 12.8 Å². The zero-order valence-electron chi connectivity index (χ0n) is 49.0. The molecule has 0 spiro atoms. The van der Waals surface area contributed by atoms with Crippen molar-refractivity contribution in [3.63, 3.8) is 0 Å². The fraction of sp³-hybridized carbons (Fsp3) is 0.672. The summed E-state index contributed by atoms with van der Waals surface area (Å²) in [7, 11) is 0. The highest BCUT2D eigenvalue weighted by molar-refractivity contribution is 5.80. The third kappa shape index (κ3) is 41.1. The molecule has 78 heavy (non-hydrogen) atoms. The highest BCUT2D eigenvalue weighted by Gasteiger charge is 2.47. The first-order valence-electron chi connectivity index (χ1n) is 30.8. The van der Waals surface area contributed by atoms with Crippen LogP contribution in [0.2, 0.25) is 0 Å². The standard InChI is InChI=1S/C67H111NO10/c1-4-7-10-13-16-19-22-25-27-29-30-31-32-33-35-37-40-43-46-49-52-55-62(72)78-65-64(74)63(73)61(56-69)77-67(65)76-57-58(59(70)53-50-47-44-41-38-24-21-18-15-12-9-6-3)68-66(75)60(71)54-51-48-45-42-39-36-34-28-26-23-20-17-14-11-8-5-2/h7,10,16-17,19-20,25-28,30-31,33,35-36,39,45,48,50,53,58-61,63-65,67,69-71,73-74H,4-6,8-9,11-15,18,21-24,29,32,34,37-38,40-44,46-47,49,51-52,54-57H2,1-3H3,(H,68,75)/b10-7-,19-16-,20-17-,27-25-,28-26-,31-30-,35-33-,39-36-,48-45-,53-50+. The van der Waals surface area contributed by atoms with E-state index >= 15 is 0 Å². The van der Waals surface area contributed by atoms with Crippen molar-refractivity contribution in [2.24, 2.45) is 0 Å². The molecule has 1 aliphatic heterocycles. The van der Waals surface area contributed by atoms with Crippen LogP contribution in [0.1, 0.15) is 226 Å². The Balaban J connectivity index is 2.74. The van der Waals surface area contributed by atoms with Gasteiger partial charge in [0.05, 0.1) is 25.4 Å². The van der Waals surface area contributed by atoms with Crippen LogP contribution in [-0.2, 0) is 23.8 Å². The number of hydrogen-bond acceptors (Lipinski definition) is 10. The predicted octanol–water partition coefficient (Wildman–Crippen LogP) is 14.7.